The van der Waals surface area contributed by atoms with Crippen molar-refractivity contribution in [3.05, 3.63) is 65.2 Å². The van der Waals surface area contributed by atoms with Gasteiger partial charge in [0, 0.05) is 54.9 Å². The summed E-state index contributed by atoms with van der Waals surface area (Å²) in [6.07, 6.45) is 2.17. The van der Waals surface area contributed by atoms with E-state index in [1.54, 1.807) is 11.0 Å². The normalized spacial score (nSPS) is 18.4. The van der Waals surface area contributed by atoms with Crippen molar-refractivity contribution in [2.75, 3.05) is 43.4 Å². The van der Waals surface area contributed by atoms with Crippen LogP contribution in [0, 0.1) is 0 Å². The highest BCUT2D eigenvalue weighted by Gasteiger charge is 2.33. The summed E-state index contributed by atoms with van der Waals surface area (Å²) >= 11 is 6.13. The van der Waals surface area contributed by atoms with Crippen molar-refractivity contribution in [3.8, 4) is 0 Å². The molecule has 0 radical (unpaired) electrons. The van der Waals surface area contributed by atoms with Gasteiger partial charge in [0.25, 0.3) is 5.91 Å². The van der Waals surface area contributed by atoms with Crippen molar-refractivity contribution in [3.63, 3.8) is 0 Å². The molecule has 1 aromatic heterocycles. The second-order valence-electron chi connectivity index (χ2n) is 9.75. The summed E-state index contributed by atoms with van der Waals surface area (Å²) < 4.78 is 0. The number of hydrogen-bond acceptors (Lipinski definition) is 6. The van der Waals surface area contributed by atoms with E-state index >= 15 is 0 Å². The third-order valence-electron chi connectivity index (χ3n) is 7.16. The lowest BCUT2D eigenvalue weighted by Crippen LogP contribution is -2.56. The summed E-state index contributed by atoms with van der Waals surface area (Å²) in [7, 11) is 0. The van der Waals surface area contributed by atoms with Crippen LogP contribution in [0.15, 0.2) is 54.6 Å². The number of hydrogen-bond donors (Lipinski definition) is 2. The van der Waals surface area contributed by atoms with Gasteiger partial charge in [-0.05, 0) is 43.0 Å². The molecule has 5 rings (SSSR count). The molecular formula is C28H31ClN6O3. The van der Waals surface area contributed by atoms with Gasteiger partial charge >= 0.3 is 6.03 Å². The van der Waals surface area contributed by atoms with Gasteiger partial charge in [-0.2, -0.15) is 0 Å². The smallest absolute Gasteiger partial charge is 0.318 e. The van der Waals surface area contributed by atoms with Crippen molar-refractivity contribution >= 4 is 51.9 Å². The Kier molecular flexibility index (Phi) is 7.64. The van der Waals surface area contributed by atoms with Crippen molar-refractivity contribution in [1.29, 1.82) is 0 Å². The summed E-state index contributed by atoms with van der Waals surface area (Å²) in [5, 5.41) is 4.45. The molecule has 0 bridgehead atoms. The lowest BCUT2D eigenvalue weighted by atomic mass is 10.1. The zero-order valence-electron chi connectivity index (χ0n) is 21.1. The highest BCUT2D eigenvalue weighted by Crippen LogP contribution is 2.30. The molecule has 2 aliphatic rings. The molecule has 1 unspecified atom stereocenters. The monoisotopic (exact) mass is 534 g/mol. The van der Waals surface area contributed by atoms with Gasteiger partial charge in [0.1, 0.15) is 11.9 Å². The number of urea groups is 1. The molecule has 2 fully saturated rings. The van der Waals surface area contributed by atoms with Crippen molar-refractivity contribution < 1.29 is 14.4 Å². The number of imide groups is 1. The standard InChI is InChI=1S/C28H31ClN6O3/c29-20-9-10-21-23(17-20)31-25(30)18-24(21)33-12-14-34(15-13-33)28(38)32-22-8-4-5-11-35(27(22)37)26(36)16-19-6-2-1-3-7-19/h1-3,6-7,9-10,17-18,22H,4-5,8,11-16H2,(H2,30,31)(H,32,38). The Morgan fingerprint density at radius 1 is 1.00 bits per heavy atom. The summed E-state index contributed by atoms with van der Waals surface area (Å²) in [5.41, 5.74) is 8.59. The molecule has 0 aliphatic carbocycles. The van der Waals surface area contributed by atoms with Gasteiger partial charge < -0.3 is 20.9 Å². The van der Waals surface area contributed by atoms with Gasteiger partial charge in [0.2, 0.25) is 5.91 Å². The number of nitrogens with zero attached hydrogens (tertiary/aromatic N) is 4. The van der Waals surface area contributed by atoms with Crippen LogP contribution in [0.1, 0.15) is 24.8 Å². The topological polar surface area (TPSA) is 112 Å². The van der Waals surface area contributed by atoms with Crippen LogP contribution in [0.25, 0.3) is 10.9 Å². The van der Waals surface area contributed by atoms with E-state index in [4.69, 9.17) is 17.3 Å². The Bertz CT molecular complexity index is 1340. The zero-order chi connectivity index (χ0) is 26.6. The number of halogens is 1. The average molecular weight is 535 g/mol. The Morgan fingerprint density at radius 2 is 1.76 bits per heavy atom. The number of fused-ring (bicyclic) bond motifs is 1. The second kappa shape index (κ2) is 11.3. The number of aromatic nitrogens is 1. The molecule has 198 valence electrons. The van der Waals surface area contributed by atoms with Crippen LogP contribution in [0.3, 0.4) is 0 Å². The number of likely N-dealkylation sites (tertiary alicyclic amines) is 1. The molecule has 0 saturated carbocycles. The van der Waals surface area contributed by atoms with E-state index < -0.39 is 6.04 Å². The minimum atomic E-state index is -0.712. The van der Waals surface area contributed by atoms with Gasteiger partial charge in [0.15, 0.2) is 0 Å². The van der Waals surface area contributed by atoms with Gasteiger partial charge in [-0.1, -0.05) is 41.9 Å². The maximum Gasteiger partial charge on any atom is 0.318 e. The number of carbonyl (C=O) groups excluding carboxylic acids is 3. The number of carbonyl (C=O) groups is 3. The molecule has 2 saturated heterocycles. The fourth-order valence-corrected chi connectivity index (χ4v) is 5.31. The van der Waals surface area contributed by atoms with E-state index in [0.29, 0.717) is 50.0 Å². The Morgan fingerprint density at radius 3 is 2.53 bits per heavy atom. The summed E-state index contributed by atoms with van der Waals surface area (Å²) in [6.45, 7) is 2.56. The molecule has 38 heavy (non-hydrogen) atoms. The summed E-state index contributed by atoms with van der Waals surface area (Å²) in [5.74, 6) is -0.151. The quantitative estimate of drug-likeness (QED) is 0.530. The molecule has 4 amide bonds. The Labute approximate surface area is 226 Å². The minimum Gasteiger partial charge on any atom is -0.384 e. The van der Waals surface area contributed by atoms with Crippen molar-refractivity contribution in [2.24, 2.45) is 0 Å². The van der Waals surface area contributed by atoms with Crippen LogP contribution in [0.5, 0.6) is 0 Å². The zero-order valence-corrected chi connectivity index (χ0v) is 21.9. The van der Waals surface area contributed by atoms with Crippen LogP contribution in [-0.4, -0.2) is 71.4 Å². The van der Waals surface area contributed by atoms with Gasteiger partial charge in [-0.3, -0.25) is 14.5 Å². The molecule has 9 nitrogen and oxygen atoms in total. The Hall–Kier alpha value is -3.85. The molecule has 3 aromatic rings. The van der Waals surface area contributed by atoms with E-state index in [-0.39, 0.29) is 24.3 Å². The van der Waals surface area contributed by atoms with E-state index in [1.807, 2.05) is 48.5 Å². The largest absolute Gasteiger partial charge is 0.384 e. The first-order chi connectivity index (χ1) is 18.4. The average Bonchev–Trinajstić information content (AvgIpc) is 3.09. The van der Waals surface area contributed by atoms with E-state index in [1.165, 1.54) is 4.90 Å². The molecule has 3 heterocycles. The van der Waals surface area contributed by atoms with Crippen LogP contribution in [0.2, 0.25) is 5.02 Å². The van der Waals surface area contributed by atoms with Crippen molar-refractivity contribution in [1.82, 2.24) is 20.1 Å². The molecule has 10 heteroatoms. The number of piperazine rings is 1. The SMILES string of the molecule is Nc1cc(N2CCN(C(=O)NC3CCCCN(C(=O)Cc4ccccc4)C3=O)CC2)c2ccc(Cl)cc2n1. The van der Waals surface area contributed by atoms with E-state index in [0.717, 1.165) is 35.0 Å². The first-order valence-corrected chi connectivity index (χ1v) is 13.3. The van der Waals surface area contributed by atoms with Gasteiger partial charge in [0.05, 0.1) is 11.9 Å². The fraction of sp³-hybridized carbons (Fsp3) is 0.357. The number of rotatable bonds is 4. The lowest BCUT2D eigenvalue weighted by Gasteiger charge is -2.37. The molecule has 1 atom stereocenters. The highest BCUT2D eigenvalue weighted by molar-refractivity contribution is 6.31. The van der Waals surface area contributed by atoms with Gasteiger partial charge in [-0.25, -0.2) is 9.78 Å². The van der Waals surface area contributed by atoms with Crippen LogP contribution in [-0.2, 0) is 16.0 Å². The van der Waals surface area contributed by atoms with Gasteiger partial charge in [-0.15, -0.1) is 0 Å². The fourth-order valence-electron chi connectivity index (χ4n) is 5.14. The lowest BCUT2D eigenvalue weighted by molar-refractivity contribution is -0.145. The number of pyridine rings is 1. The molecule has 2 aromatic carbocycles. The van der Waals surface area contributed by atoms with E-state index in [9.17, 15) is 14.4 Å². The summed E-state index contributed by atoms with van der Waals surface area (Å²) in [6, 6.07) is 15.8. The third kappa shape index (κ3) is 5.67. The van der Waals surface area contributed by atoms with E-state index in [2.05, 4.69) is 15.2 Å². The molecule has 0 spiro atoms. The first-order valence-electron chi connectivity index (χ1n) is 12.9. The third-order valence-corrected chi connectivity index (χ3v) is 7.40. The maximum absolute atomic E-state index is 13.2. The number of nitrogens with one attached hydrogen (secondary N) is 1. The predicted octanol–water partition coefficient (Wildman–Crippen LogP) is 3.45. The van der Waals surface area contributed by atoms with Crippen LogP contribution in [0.4, 0.5) is 16.3 Å². The number of nitrogens with two attached hydrogens (primary N) is 1. The number of amides is 4. The van der Waals surface area contributed by atoms with Crippen molar-refractivity contribution in [2.45, 2.75) is 31.7 Å². The number of anilines is 2. The first kappa shape index (κ1) is 25.8. The molecular weight excluding hydrogens is 504 g/mol. The van der Waals surface area contributed by atoms with Crippen LogP contribution >= 0.6 is 11.6 Å². The highest BCUT2D eigenvalue weighted by atomic mass is 35.5. The minimum absolute atomic E-state index is 0.162. The summed E-state index contributed by atoms with van der Waals surface area (Å²) in [4.78, 5) is 48.9. The maximum atomic E-state index is 13.2. The molecule has 3 N–H and O–H groups in total. The number of benzene rings is 2. The predicted molar refractivity (Wildman–Crippen MR) is 148 cm³/mol. The molecule has 2 aliphatic heterocycles. The number of nitrogen functional groups attached to an aromatic ring is 1. The van der Waals surface area contributed by atoms with Crippen LogP contribution < -0.4 is 16.0 Å². The second-order valence-corrected chi connectivity index (χ2v) is 10.2. The Balaban J connectivity index is 1.21.